The molecular weight excluding hydrogens is 484 g/mol. The number of anilines is 1. The minimum absolute atomic E-state index is 0.164. The summed E-state index contributed by atoms with van der Waals surface area (Å²) >= 11 is 3.57. The first kappa shape index (κ1) is 21.6. The number of pyridine rings is 1. The van der Waals surface area contributed by atoms with Crippen molar-refractivity contribution in [3.63, 3.8) is 0 Å². The lowest BCUT2D eigenvalue weighted by Gasteiger charge is -2.32. The SMILES string of the molecule is O=C(CCc1ccco1)N1CCCC(c2cc(NCc3cccnc3)n3ncc(Br)c3n2)C1. The molecule has 1 amide bonds. The zero-order valence-corrected chi connectivity index (χ0v) is 19.7. The van der Waals surface area contributed by atoms with E-state index in [0.717, 1.165) is 52.3 Å². The third-order valence-electron chi connectivity index (χ3n) is 6.00. The largest absolute Gasteiger partial charge is 0.469 e. The van der Waals surface area contributed by atoms with E-state index >= 15 is 0 Å². The number of rotatable bonds is 7. The molecule has 0 bridgehead atoms. The zero-order valence-electron chi connectivity index (χ0n) is 18.2. The van der Waals surface area contributed by atoms with Gasteiger partial charge in [-0.05, 0) is 52.5 Å². The van der Waals surface area contributed by atoms with E-state index in [1.807, 2.05) is 35.4 Å². The van der Waals surface area contributed by atoms with Gasteiger partial charge in [0.1, 0.15) is 11.6 Å². The van der Waals surface area contributed by atoms with E-state index in [4.69, 9.17) is 9.40 Å². The van der Waals surface area contributed by atoms with Crippen LogP contribution in [0.2, 0.25) is 0 Å². The van der Waals surface area contributed by atoms with Gasteiger partial charge < -0.3 is 14.6 Å². The van der Waals surface area contributed by atoms with Crippen molar-refractivity contribution in [3.05, 3.63) is 76.7 Å². The van der Waals surface area contributed by atoms with Gasteiger partial charge in [0.2, 0.25) is 5.91 Å². The average Bonchev–Trinajstić information content (AvgIpc) is 3.52. The molecule has 0 spiro atoms. The van der Waals surface area contributed by atoms with Crippen LogP contribution in [0.3, 0.4) is 0 Å². The fourth-order valence-corrected chi connectivity index (χ4v) is 4.62. The summed E-state index contributed by atoms with van der Waals surface area (Å²) in [6, 6.07) is 9.78. The van der Waals surface area contributed by atoms with Gasteiger partial charge in [0.05, 0.1) is 22.6 Å². The minimum Gasteiger partial charge on any atom is -0.469 e. The first-order valence-corrected chi connectivity index (χ1v) is 11.9. The van der Waals surface area contributed by atoms with Gasteiger partial charge in [-0.3, -0.25) is 9.78 Å². The van der Waals surface area contributed by atoms with Crippen molar-refractivity contribution in [3.8, 4) is 0 Å². The minimum atomic E-state index is 0.164. The van der Waals surface area contributed by atoms with Crippen LogP contribution < -0.4 is 5.32 Å². The molecule has 1 aliphatic heterocycles. The summed E-state index contributed by atoms with van der Waals surface area (Å²) < 4.78 is 8.02. The molecule has 8 nitrogen and oxygen atoms in total. The van der Waals surface area contributed by atoms with Crippen LogP contribution in [0.1, 0.15) is 42.2 Å². The third kappa shape index (κ3) is 4.93. The van der Waals surface area contributed by atoms with Crippen LogP contribution in [0.5, 0.6) is 0 Å². The normalized spacial score (nSPS) is 16.3. The second-order valence-electron chi connectivity index (χ2n) is 8.27. The van der Waals surface area contributed by atoms with Crippen molar-refractivity contribution in [2.75, 3.05) is 18.4 Å². The van der Waals surface area contributed by atoms with Gasteiger partial charge >= 0.3 is 0 Å². The monoisotopic (exact) mass is 508 g/mol. The van der Waals surface area contributed by atoms with E-state index in [-0.39, 0.29) is 11.8 Å². The second kappa shape index (κ2) is 9.74. The zero-order chi connectivity index (χ0) is 22.6. The summed E-state index contributed by atoms with van der Waals surface area (Å²) in [5.74, 6) is 2.06. The van der Waals surface area contributed by atoms with Crippen molar-refractivity contribution in [1.82, 2.24) is 24.5 Å². The van der Waals surface area contributed by atoms with Gasteiger partial charge in [-0.1, -0.05) is 6.07 Å². The summed E-state index contributed by atoms with van der Waals surface area (Å²) in [7, 11) is 0. The summed E-state index contributed by atoms with van der Waals surface area (Å²) in [5.41, 5.74) is 2.82. The number of likely N-dealkylation sites (tertiary alicyclic amines) is 1. The highest BCUT2D eigenvalue weighted by atomic mass is 79.9. The number of fused-ring (bicyclic) bond motifs is 1. The summed E-state index contributed by atoms with van der Waals surface area (Å²) in [5, 5.41) is 7.94. The predicted molar refractivity (Wildman–Crippen MR) is 128 cm³/mol. The van der Waals surface area contributed by atoms with E-state index in [2.05, 4.69) is 37.4 Å². The Morgan fingerprint density at radius 1 is 1.27 bits per heavy atom. The molecule has 0 aromatic carbocycles. The van der Waals surface area contributed by atoms with Crippen LogP contribution >= 0.6 is 15.9 Å². The Balaban J connectivity index is 1.33. The van der Waals surface area contributed by atoms with Crippen LogP contribution in [0.25, 0.3) is 5.65 Å². The Kier molecular flexibility index (Phi) is 6.39. The van der Waals surface area contributed by atoms with Gasteiger partial charge in [-0.15, -0.1) is 0 Å². The number of aromatic nitrogens is 4. The van der Waals surface area contributed by atoms with Gasteiger partial charge in [0.15, 0.2) is 5.65 Å². The molecule has 170 valence electrons. The van der Waals surface area contributed by atoms with E-state index in [0.29, 0.717) is 25.9 Å². The van der Waals surface area contributed by atoms with E-state index in [1.165, 1.54) is 0 Å². The number of amides is 1. The molecule has 1 fully saturated rings. The number of carbonyl (C=O) groups excluding carboxylic acids is 1. The summed E-state index contributed by atoms with van der Waals surface area (Å²) in [6.07, 6.45) is 10.1. The molecular formula is C24H25BrN6O2. The van der Waals surface area contributed by atoms with Crippen LogP contribution in [-0.2, 0) is 17.8 Å². The molecule has 1 aliphatic rings. The Morgan fingerprint density at radius 3 is 3.03 bits per heavy atom. The maximum Gasteiger partial charge on any atom is 0.223 e. The Bertz CT molecular complexity index is 1220. The first-order chi connectivity index (χ1) is 16.2. The molecule has 1 saturated heterocycles. The van der Waals surface area contributed by atoms with Gasteiger partial charge in [-0.2, -0.15) is 9.61 Å². The molecule has 0 saturated carbocycles. The molecule has 5 rings (SSSR count). The molecule has 1 unspecified atom stereocenters. The predicted octanol–water partition coefficient (Wildman–Crippen LogP) is 4.43. The first-order valence-electron chi connectivity index (χ1n) is 11.1. The standard InChI is InChI=1S/C24H25BrN6O2/c25-20-15-28-31-22(27-14-17-4-1-9-26-13-17)12-21(29-24(20)31)18-5-2-10-30(16-18)23(32)8-7-19-6-3-11-33-19/h1,3-4,6,9,11-13,15,18,27H,2,5,7-8,10,14,16H2. The smallest absolute Gasteiger partial charge is 0.223 e. The van der Waals surface area contributed by atoms with Crippen molar-refractivity contribution in [1.29, 1.82) is 0 Å². The second-order valence-corrected chi connectivity index (χ2v) is 9.12. The fraction of sp³-hybridized carbons (Fsp3) is 0.333. The molecule has 4 aromatic rings. The lowest BCUT2D eigenvalue weighted by atomic mass is 9.94. The molecule has 5 heterocycles. The molecule has 33 heavy (non-hydrogen) atoms. The summed E-state index contributed by atoms with van der Waals surface area (Å²) in [4.78, 5) is 23.9. The molecule has 0 radical (unpaired) electrons. The lowest BCUT2D eigenvalue weighted by molar-refractivity contribution is -0.132. The number of hydrogen-bond donors (Lipinski definition) is 1. The molecule has 9 heteroatoms. The number of aryl methyl sites for hydroxylation is 1. The van der Waals surface area contributed by atoms with Crippen molar-refractivity contribution in [2.45, 2.75) is 38.1 Å². The Labute approximate surface area is 200 Å². The topological polar surface area (TPSA) is 88.6 Å². The molecule has 0 aliphatic carbocycles. The summed E-state index contributed by atoms with van der Waals surface area (Å²) in [6.45, 7) is 2.10. The van der Waals surface area contributed by atoms with Crippen molar-refractivity contribution in [2.24, 2.45) is 0 Å². The number of halogens is 1. The Hall–Kier alpha value is -3.20. The molecule has 1 atom stereocenters. The van der Waals surface area contributed by atoms with Gasteiger partial charge in [0.25, 0.3) is 0 Å². The number of piperidine rings is 1. The van der Waals surface area contributed by atoms with E-state index < -0.39 is 0 Å². The van der Waals surface area contributed by atoms with Crippen LogP contribution in [0.4, 0.5) is 5.82 Å². The maximum atomic E-state index is 12.8. The molecule has 1 N–H and O–H groups in total. The number of hydrogen-bond acceptors (Lipinski definition) is 6. The molecule has 4 aromatic heterocycles. The van der Waals surface area contributed by atoms with Crippen LogP contribution in [0.15, 0.2) is 64.1 Å². The van der Waals surface area contributed by atoms with Gasteiger partial charge in [-0.25, -0.2) is 4.98 Å². The number of furan rings is 1. The highest BCUT2D eigenvalue weighted by molar-refractivity contribution is 9.10. The highest BCUT2D eigenvalue weighted by Crippen LogP contribution is 2.30. The number of nitrogens with zero attached hydrogens (tertiary/aromatic N) is 5. The quantitative estimate of drug-likeness (QED) is 0.397. The lowest BCUT2D eigenvalue weighted by Crippen LogP contribution is -2.39. The van der Waals surface area contributed by atoms with E-state index in [9.17, 15) is 4.79 Å². The Morgan fingerprint density at radius 2 is 2.21 bits per heavy atom. The highest BCUT2D eigenvalue weighted by Gasteiger charge is 2.27. The van der Waals surface area contributed by atoms with Crippen molar-refractivity contribution < 1.29 is 9.21 Å². The van der Waals surface area contributed by atoms with Gasteiger partial charge in [0, 0.05) is 56.9 Å². The fourth-order valence-electron chi connectivity index (χ4n) is 4.27. The maximum absolute atomic E-state index is 12.8. The van der Waals surface area contributed by atoms with Crippen LogP contribution in [0, 0.1) is 0 Å². The third-order valence-corrected chi connectivity index (χ3v) is 6.56. The van der Waals surface area contributed by atoms with E-state index in [1.54, 1.807) is 23.2 Å². The number of carbonyl (C=O) groups is 1. The average molecular weight is 509 g/mol. The van der Waals surface area contributed by atoms with Crippen LogP contribution in [-0.4, -0.2) is 43.5 Å². The van der Waals surface area contributed by atoms with Crippen molar-refractivity contribution >= 4 is 33.3 Å². The number of nitrogens with one attached hydrogen (secondary N) is 1.